The Morgan fingerprint density at radius 1 is 1.19 bits per heavy atom. The Balaban J connectivity index is 1.29. The molecule has 0 radical (unpaired) electrons. The number of carbonyl (C=O) groups is 1. The van der Waals surface area contributed by atoms with Crippen molar-refractivity contribution in [3.8, 4) is 0 Å². The van der Waals surface area contributed by atoms with E-state index in [2.05, 4.69) is 36.0 Å². The van der Waals surface area contributed by atoms with Crippen molar-refractivity contribution in [2.45, 2.75) is 78.2 Å². The molecule has 0 bridgehead atoms. The number of aromatic nitrogens is 3. The topological polar surface area (TPSA) is 51.0 Å². The number of nitrogens with zero attached hydrogens (tertiary/aromatic N) is 4. The lowest BCUT2D eigenvalue weighted by atomic mass is 9.66. The number of rotatable bonds is 4. The van der Waals surface area contributed by atoms with Crippen molar-refractivity contribution < 1.29 is 4.79 Å². The van der Waals surface area contributed by atoms with Gasteiger partial charge in [-0.15, -0.1) is 5.10 Å². The second kappa shape index (κ2) is 6.65. The Bertz CT molecular complexity index is 622. The molecular formula is C21H34N4O. The maximum Gasteiger partial charge on any atom is 0.226 e. The molecule has 1 aromatic rings. The number of piperidine rings is 1. The lowest BCUT2D eigenvalue weighted by Gasteiger charge is -2.40. The van der Waals surface area contributed by atoms with E-state index in [9.17, 15) is 4.79 Å². The van der Waals surface area contributed by atoms with Gasteiger partial charge in [0.1, 0.15) is 0 Å². The lowest BCUT2D eigenvalue weighted by molar-refractivity contribution is -0.135. The van der Waals surface area contributed by atoms with Crippen molar-refractivity contribution in [3.05, 3.63) is 12.4 Å². The monoisotopic (exact) mass is 358 g/mol. The molecule has 3 fully saturated rings. The summed E-state index contributed by atoms with van der Waals surface area (Å²) in [5.41, 5.74) is 0.819. The first-order chi connectivity index (χ1) is 12.5. The van der Waals surface area contributed by atoms with E-state index < -0.39 is 0 Å². The van der Waals surface area contributed by atoms with E-state index in [1.54, 1.807) is 6.20 Å². The highest BCUT2D eigenvalue weighted by molar-refractivity contribution is 5.82. The van der Waals surface area contributed by atoms with Crippen molar-refractivity contribution in [3.63, 3.8) is 0 Å². The molecule has 2 aliphatic carbocycles. The van der Waals surface area contributed by atoms with Gasteiger partial charge in [0.2, 0.25) is 5.91 Å². The Morgan fingerprint density at radius 3 is 2.46 bits per heavy atom. The van der Waals surface area contributed by atoms with Crippen molar-refractivity contribution >= 4 is 5.91 Å². The quantitative estimate of drug-likeness (QED) is 0.815. The van der Waals surface area contributed by atoms with Crippen LogP contribution >= 0.6 is 0 Å². The van der Waals surface area contributed by atoms with Crippen molar-refractivity contribution in [1.29, 1.82) is 0 Å². The van der Waals surface area contributed by atoms with Crippen molar-refractivity contribution in [2.75, 3.05) is 13.1 Å². The average Bonchev–Trinajstić information content (AvgIpc) is 3.09. The largest absolute Gasteiger partial charge is 0.342 e. The van der Waals surface area contributed by atoms with Crippen LogP contribution < -0.4 is 0 Å². The third-order valence-corrected chi connectivity index (χ3v) is 8.08. The molecule has 2 heterocycles. The number of amides is 1. The molecule has 0 N–H and O–H groups in total. The van der Waals surface area contributed by atoms with Gasteiger partial charge in [0, 0.05) is 25.2 Å². The molecule has 1 spiro atoms. The SMILES string of the molecule is CCC(C)(C)C1CCC2(CC1)CC2C(=O)N1CCC(n2ccnn2)CC1. The number of hydrogen-bond acceptors (Lipinski definition) is 3. The summed E-state index contributed by atoms with van der Waals surface area (Å²) in [5, 5.41) is 8.03. The molecule has 4 rings (SSSR count). The van der Waals surface area contributed by atoms with Crippen LogP contribution in [0.1, 0.15) is 78.2 Å². The fourth-order valence-corrected chi connectivity index (χ4v) is 5.50. The lowest BCUT2D eigenvalue weighted by Crippen LogP contribution is -2.41. The maximum atomic E-state index is 13.1. The molecule has 1 atom stereocenters. The van der Waals surface area contributed by atoms with Gasteiger partial charge in [-0.05, 0) is 61.7 Å². The van der Waals surface area contributed by atoms with Crippen LogP contribution in [0.25, 0.3) is 0 Å². The normalized spacial score (nSPS) is 32.8. The minimum absolute atomic E-state index is 0.316. The Kier molecular flexibility index (Phi) is 4.60. The first-order valence-corrected chi connectivity index (χ1v) is 10.6. The summed E-state index contributed by atoms with van der Waals surface area (Å²) in [6, 6.07) is 0.404. The molecule has 1 aromatic heterocycles. The Labute approximate surface area is 157 Å². The van der Waals surface area contributed by atoms with Crippen LogP contribution in [-0.2, 0) is 4.79 Å². The minimum Gasteiger partial charge on any atom is -0.342 e. The second-order valence-corrected chi connectivity index (χ2v) is 9.68. The van der Waals surface area contributed by atoms with Crippen LogP contribution in [0.5, 0.6) is 0 Å². The summed E-state index contributed by atoms with van der Waals surface area (Å²) < 4.78 is 1.96. The first kappa shape index (κ1) is 18.0. The first-order valence-electron chi connectivity index (χ1n) is 10.6. The Hall–Kier alpha value is -1.39. The van der Waals surface area contributed by atoms with Gasteiger partial charge in [0.25, 0.3) is 0 Å². The molecule has 5 heteroatoms. The average molecular weight is 359 g/mol. The third-order valence-electron chi connectivity index (χ3n) is 8.08. The van der Waals surface area contributed by atoms with Gasteiger partial charge >= 0.3 is 0 Å². The van der Waals surface area contributed by atoms with Crippen LogP contribution in [0.2, 0.25) is 0 Å². The fraction of sp³-hybridized carbons (Fsp3) is 0.857. The standard InChI is InChI=1S/C21H34N4O/c1-4-20(2,3)16-5-9-21(10-6-16)15-18(21)19(26)24-12-7-17(8-13-24)25-14-11-22-23-25/h11,14,16-18H,4-10,12-13,15H2,1-3H3. The molecule has 1 aliphatic heterocycles. The van der Waals surface area contributed by atoms with Crippen LogP contribution in [0.4, 0.5) is 0 Å². The van der Waals surface area contributed by atoms with Crippen LogP contribution in [0, 0.1) is 22.7 Å². The smallest absolute Gasteiger partial charge is 0.226 e. The zero-order valence-corrected chi connectivity index (χ0v) is 16.7. The van der Waals surface area contributed by atoms with E-state index in [1.165, 1.54) is 32.1 Å². The second-order valence-electron chi connectivity index (χ2n) is 9.68. The van der Waals surface area contributed by atoms with E-state index in [1.807, 2.05) is 10.9 Å². The zero-order valence-electron chi connectivity index (χ0n) is 16.7. The molecule has 0 aromatic carbocycles. The fourth-order valence-electron chi connectivity index (χ4n) is 5.50. The molecule has 144 valence electrons. The van der Waals surface area contributed by atoms with Crippen LogP contribution in [0.15, 0.2) is 12.4 Å². The van der Waals surface area contributed by atoms with E-state index in [4.69, 9.17) is 0 Å². The van der Waals surface area contributed by atoms with Gasteiger partial charge < -0.3 is 4.90 Å². The van der Waals surface area contributed by atoms with Gasteiger partial charge in [-0.1, -0.05) is 32.4 Å². The van der Waals surface area contributed by atoms with E-state index in [0.717, 1.165) is 38.3 Å². The predicted octanol–water partition coefficient (Wildman–Crippen LogP) is 4.07. The Morgan fingerprint density at radius 2 is 1.88 bits per heavy atom. The van der Waals surface area contributed by atoms with Crippen LogP contribution in [0.3, 0.4) is 0 Å². The van der Waals surface area contributed by atoms with E-state index in [-0.39, 0.29) is 0 Å². The van der Waals surface area contributed by atoms with Crippen molar-refractivity contribution in [1.82, 2.24) is 19.9 Å². The minimum atomic E-state index is 0.316. The summed E-state index contributed by atoms with van der Waals surface area (Å²) in [6.45, 7) is 8.91. The van der Waals surface area contributed by atoms with Gasteiger partial charge in [-0.2, -0.15) is 0 Å². The number of carbonyl (C=O) groups excluding carboxylic acids is 1. The van der Waals surface area contributed by atoms with Gasteiger partial charge in [0.05, 0.1) is 12.2 Å². The van der Waals surface area contributed by atoms with Gasteiger partial charge in [0.15, 0.2) is 0 Å². The summed E-state index contributed by atoms with van der Waals surface area (Å²) in [5.74, 6) is 1.60. The molecule has 1 saturated heterocycles. The summed E-state index contributed by atoms with van der Waals surface area (Å²) in [6.07, 6.45) is 13.3. The number of hydrogen-bond donors (Lipinski definition) is 0. The highest BCUT2D eigenvalue weighted by atomic mass is 16.2. The predicted molar refractivity (Wildman–Crippen MR) is 101 cm³/mol. The van der Waals surface area contributed by atoms with Gasteiger partial charge in [-0.25, -0.2) is 4.68 Å². The molecule has 3 aliphatic rings. The van der Waals surface area contributed by atoms with Crippen LogP contribution in [-0.4, -0.2) is 38.9 Å². The zero-order chi connectivity index (χ0) is 18.4. The van der Waals surface area contributed by atoms with E-state index >= 15 is 0 Å². The molecular weight excluding hydrogens is 324 g/mol. The summed E-state index contributed by atoms with van der Waals surface area (Å²) in [4.78, 5) is 15.2. The molecule has 2 saturated carbocycles. The third kappa shape index (κ3) is 3.18. The molecule has 26 heavy (non-hydrogen) atoms. The van der Waals surface area contributed by atoms with Crippen molar-refractivity contribution in [2.24, 2.45) is 22.7 Å². The number of likely N-dealkylation sites (tertiary alicyclic amines) is 1. The highest BCUT2D eigenvalue weighted by Crippen LogP contribution is 2.64. The molecule has 1 unspecified atom stereocenters. The van der Waals surface area contributed by atoms with E-state index in [0.29, 0.717) is 28.7 Å². The summed E-state index contributed by atoms with van der Waals surface area (Å²) in [7, 11) is 0. The molecule has 1 amide bonds. The van der Waals surface area contributed by atoms with Gasteiger partial charge in [-0.3, -0.25) is 4.79 Å². The molecule has 5 nitrogen and oxygen atoms in total. The summed E-state index contributed by atoms with van der Waals surface area (Å²) >= 11 is 0. The maximum absolute atomic E-state index is 13.1. The highest BCUT2D eigenvalue weighted by Gasteiger charge is 2.60.